The molecule has 1 atom stereocenters. The van der Waals surface area contributed by atoms with Crippen LogP contribution in [0.3, 0.4) is 0 Å². The molecular weight excluding hydrogens is 232 g/mol. The van der Waals surface area contributed by atoms with Crippen molar-refractivity contribution in [2.75, 3.05) is 32.9 Å². The average Bonchev–Trinajstić information content (AvgIpc) is 2.43. The lowest BCUT2D eigenvalue weighted by Crippen LogP contribution is -2.49. The fourth-order valence-electron chi connectivity index (χ4n) is 2.22. The Morgan fingerprint density at radius 2 is 2.17 bits per heavy atom. The van der Waals surface area contributed by atoms with Crippen LogP contribution in [0.2, 0.25) is 0 Å². The van der Waals surface area contributed by atoms with Gasteiger partial charge in [0.25, 0.3) is 0 Å². The van der Waals surface area contributed by atoms with E-state index in [-0.39, 0.29) is 12.5 Å². The van der Waals surface area contributed by atoms with Gasteiger partial charge in [0.15, 0.2) is 0 Å². The van der Waals surface area contributed by atoms with Crippen LogP contribution in [0.5, 0.6) is 0 Å². The molecule has 0 aromatic heterocycles. The van der Waals surface area contributed by atoms with Crippen LogP contribution in [0.25, 0.3) is 0 Å². The van der Waals surface area contributed by atoms with E-state index in [9.17, 15) is 4.79 Å². The van der Waals surface area contributed by atoms with E-state index in [1.54, 1.807) is 0 Å². The highest BCUT2D eigenvalue weighted by Gasteiger charge is 2.38. The number of hydrogen-bond acceptors (Lipinski definition) is 4. The Hall–Kier alpha value is -0.650. The second-order valence-corrected chi connectivity index (χ2v) is 5.28. The van der Waals surface area contributed by atoms with Gasteiger partial charge in [0.05, 0.1) is 5.41 Å². The first-order valence-electron chi connectivity index (χ1n) is 6.81. The lowest BCUT2D eigenvalue weighted by Gasteiger charge is -2.34. The average molecular weight is 258 g/mol. The molecule has 1 amide bonds. The predicted molar refractivity (Wildman–Crippen MR) is 70.0 cm³/mol. The Balaban J connectivity index is 2.29. The molecule has 4 N–H and O–H groups in total. The van der Waals surface area contributed by atoms with Crippen LogP contribution in [0.1, 0.15) is 32.6 Å². The molecule has 5 nitrogen and oxygen atoms in total. The highest BCUT2D eigenvalue weighted by Crippen LogP contribution is 2.29. The summed E-state index contributed by atoms with van der Waals surface area (Å²) in [7, 11) is 0. The van der Waals surface area contributed by atoms with Crippen molar-refractivity contribution in [1.29, 1.82) is 0 Å². The number of hydrogen-bond donors (Lipinski definition) is 3. The number of nitrogens with two attached hydrogens (primary N) is 1. The molecular formula is C13H26N2O3. The Labute approximate surface area is 109 Å². The smallest absolute Gasteiger partial charge is 0.227 e. The molecule has 0 bridgehead atoms. The second-order valence-electron chi connectivity index (χ2n) is 5.28. The fourth-order valence-corrected chi connectivity index (χ4v) is 2.22. The van der Waals surface area contributed by atoms with Crippen molar-refractivity contribution < 1.29 is 14.6 Å². The van der Waals surface area contributed by atoms with Crippen LogP contribution in [0.4, 0.5) is 0 Å². The molecule has 5 heteroatoms. The van der Waals surface area contributed by atoms with Crippen molar-refractivity contribution in [2.45, 2.75) is 32.6 Å². The van der Waals surface area contributed by atoms with E-state index in [0.717, 1.165) is 12.8 Å². The lowest BCUT2D eigenvalue weighted by atomic mass is 9.79. The molecule has 18 heavy (non-hydrogen) atoms. The number of aliphatic hydroxyl groups is 1. The van der Waals surface area contributed by atoms with Gasteiger partial charge in [-0.2, -0.15) is 0 Å². The van der Waals surface area contributed by atoms with Gasteiger partial charge in [-0.15, -0.1) is 0 Å². The molecule has 1 aliphatic heterocycles. The summed E-state index contributed by atoms with van der Waals surface area (Å²) < 4.78 is 5.29. The summed E-state index contributed by atoms with van der Waals surface area (Å²) in [6.07, 6.45) is 3.24. The molecule has 0 radical (unpaired) electrons. The zero-order chi connectivity index (χ0) is 13.4. The fraction of sp³-hybridized carbons (Fsp3) is 0.923. The topological polar surface area (TPSA) is 84.6 Å². The SMILES string of the molecule is CC(CO)CCCNC(=O)C1(CN)CCOCC1. The zero-order valence-electron chi connectivity index (χ0n) is 11.3. The van der Waals surface area contributed by atoms with Crippen molar-refractivity contribution >= 4 is 5.91 Å². The van der Waals surface area contributed by atoms with Crippen LogP contribution < -0.4 is 11.1 Å². The molecule has 0 aliphatic carbocycles. The minimum Gasteiger partial charge on any atom is -0.396 e. The number of ether oxygens (including phenoxy) is 1. The first-order valence-corrected chi connectivity index (χ1v) is 6.81. The van der Waals surface area contributed by atoms with E-state index in [0.29, 0.717) is 45.1 Å². The third-order valence-corrected chi connectivity index (χ3v) is 3.79. The summed E-state index contributed by atoms with van der Waals surface area (Å²) in [5, 5.41) is 11.9. The van der Waals surface area contributed by atoms with Crippen molar-refractivity contribution in [1.82, 2.24) is 5.32 Å². The van der Waals surface area contributed by atoms with Gasteiger partial charge in [0, 0.05) is 32.9 Å². The van der Waals surface area contributed by atoms with Gasteiger partial charge in [-0.1, -0.05) is 6.92 Å². The minimum atomic E-state index is -0.430. The first-order chi connectivity index (χ1) is 8.64. The highest BCUT2D eigenvalue weighted by molar-refractivity contribution is 5.83. The molecule has 1 unspecified atom stereocenters. The van der Waals surface area contributed by atoms with E-state index in [1.165, 1.54) is 0 Å². The summed E-state index contributed by atoms with van der Waals surface area (Å²) in [4.78, 5) is 12.2. The predicted octanol–water partition coefficient (Wildman–Crippen LogP) is 0.267. The molecule has 0 saturated carbocycles. The summed E-state index contributed by atoms with van der Waals surface area (Å²) in [6.45, 7) is 4.49. The molecule has 1 rings (SSSR count). The number of rotatable bonds is 7. The standard InChI is InChI=1S/C13H26N2O3/c1-11(9-16)3-2-6-15-12(17)13(10-14)4-7-18-8-5-13/h11,16H,2-10,14H2,1H3,(H,15,17). The molecule has 0 aromatic rings. The molecule has 106 valence electrons. The number of carbonyl (C=O) groups excluding carboxylic acids is 1. The van der Waals surface area contributed by atoms with Crippen LogP contribution in [-0.4, -0.2) is 43.9 Å². The lowest BCUT2D eigenvalue weighted by molar-refractivity contribution is -0.135. The third kappa shape index (κ3) is 4.23. The Bertz CT molecular complexity index is 253. The Kier molecular flexibility index (Phi) is 6.60. The van der Waals surface area contributed by atoms with Crippen molar-refractivity contribution in [3.8, 4) is 0 Å². The van der Waals surface area contributed by atoms with Crippen LogP contribution in [-0.2, 0) is 9.53 Å². The number of nitrogens with one attached hydrogen (secondary N) is 1. The molecule has 1 aliphatic rings. The summed E-state index contributed by atoms with van der Waals surface area (Å²) in [6, 6.07) is 0. The third-order valence-electron chi connectivity index (χ3n) is 3.79. The second kappa shape index (κ2) is 7.71. The van der Waals surface area contributed by atoms with E-state index in [2.05, 4.69) is 5.32 Å². The molecule has 1 heterocycles. The van der Waals surface area contributed by atoms with Gasteiger partial charge in [0.1, 0.15) is 0 Å². The van der Waals surface area contributed by atoms with Gasteiger partial charge in [-0.25, -0.2) is 0 Å². The maximum atomic E-state index is 12.2. The minimum absolute atomic E-state index is 0.0601. The van der Waals surface area contributed by atoms with E-state index in [1.807, 2.05) is 6.92 Å². The van der Waals surface area contributed by atoms with Crippen molar-refractivity contribution in [3.63, 3.8) is 0 Å². The zero-order valence-corrected chi connectivity index (χ0v) is 11.3. The van der Waals surface area contributed by atoms with Crippen LogP contribution >= 0.6 is 0 Å². The Morgan fingerprint density at radius 3 is 2.72 bits per heavy atom. The van der Waals surface area contributed by atoms with Crippen LogP contribution in [0, 0.1) is 11.3 Å². The molecule has 1 saturated heterocycles. The van der Waals surface area contributed by atoms with E-state index in [4.69, 9.17) is 15.6 Å². The quantitative estimate of drug-likeness (QED) is 0.572. The van der Waals surface area contributed by atoms with Gasteiger partial charge in [-0.05, 0) is 31.6 Å². The van der Waals surface area contributed by atoms with Crippen LogP contribution in [0.15, 0.2) is 0 Å². The monoisotopic (exact) mass is 258 g/mol. The summed E-state index contributed by atoms with van der Waals surface area (Å²) >= 11 is 0. The Morgan fingerprint density at radius 1 is 1.50 bits per heavy atom. The maximum absolute atomic E-state index is 12.2. The van der Waals surface area contributed by atoms with E-state index >= 15 is 0 Å². The van der Waals surface area contributed by atoms with Gasteiger partial charge in [0.2, 0.25) is 5.91 Å². The highest BCUT2D eigenvalue weighted by atomic mass is 16.5. The first kappa shape index (κ1) is 15.4. The summed E-state index contributed by atoms with van der Waals surface area (Å²) in [5.41, 5.74) is 5.33. The number of amides is 1. The molecule has 0 aromatic carbocycles. The molecule has 1 fully saturated rings. The number of carbonyl (C=O) groups is 1. The van der Waals surface area contributed by atoms with Crippen molar-refractivity contribution in [2.24, 2.45) is 17.1 Å². The normalized spacial score (nSPS) is 20.4. The largest absolute Gasteiger partial charge is 0.396 e. The van der Waals surface area contributed by atoms with E-state index < -0.39 is 5.41 Å². The maximum Gasteiger partial charge on any atom is 0.227 e. The molecule has 0 spiro atoms. The van der Waals surface area contributed by atoms with Gasteiger partial charge >= 0.3 is 0 Å². The van der Waals surface area contributed by atoms with Crippen molar-refractivity contribution in [3.05, 3.63) is 0 Å². The van der Waals surface area contributed by atoms with Gasteiger partial charge in [-0.3, -0.25) is 4.79 Å². The van der Waals surface area contributed by atoms with Gasteiger partial charge < -0.3 is 20.9 Å². The summed E-state index contributed by atoms with van der Waals surface area (Å²) in [5.74, 6) is 0.360. The number of aliphatic hydroxyl groups excluding tert-OH is 1.